The van der Waals surface area contributed by atoms with E-state index in [9.17, 15) is 0 Å². The third-order valence-electron chi connectivity index (χ3n) is 3.62. The zero-order valence-electron chi connectivity index (χ0n) is 12.7. The predicted octanol–water partition coefficient (Wildman–Crippen LogP) is 4.05. The molecule has 2 aromatic rings. The van der Waals surface area contributed by atoms with Gasteiger partial charge in [0.2, 0.25) is 0 Å². The molecule has 3 rings (SSSR count). The molecule has 0 unspecified atom stereocenters. The number of rotatable bonds is 4. The van der Waals surface area contributed by atoms with E-state index in [1.54, 1.807) is 11.3 Å². The van der Waals surface area contributed by atoms with Crippen LogP contribution in [0.1, 0.15) is 29.6 Å². The molecule has 0 saturated carbocycles. The molecule has 3 nitrogen and oxygen atoms in total. The van der Waals surface area contributed by atoms with Gasteiger partial charge in [-0.1, -0.05) is 25.1 Å². The van der Waals surface area contributed by atoms with Crippen LogP contribution in [-0.2, 0) is 19.5 Å². The number of thiazole rings is 1. The number of anilines is 1. The van der Waals surface area contributed by atoms with Gasteiger partial charge in [-0.25, -0.2) is 4.98 Å². The first-order valence-electron chi connectivity index (χ1n) is 7.33. The summed E-state index contributed by atoms with van der Waals surface area (Å²) in [7, 11) is 0. The van der Waals surface area contributed by atoms with Crippen molar-refractivity contribution in [2.45, 2.75) is 32.9 Å². The van der Waals surface area contributed by atoms with Gasteiger partial charge in [0.1, 0.15) is 0 Å². The lowest BCUT2D eigenvalue weighted by atomic mass is 10.1. The summed E-state index contributed by atoms with van der Waals surface area (Å²) in [6.45, 7) is 6.15. The van der Waals surface area contributed by atoms with Gasteiger partial charge in [0, 0.05) is 30.7 Å². The topological polar surface area (TPSA) is 28.2 Å². The number of hydrogen-bond donors (Lipinski definition) is 1. The molecular formula is C16H23Cl2N3S. The highest BCUT2D eigenvalue weighted by Crippen LogP contribution is 2.24. The van der Waals surface area contributed by atoms with Gasteiger partial charge in [0.05, 0.1) is 17.2 Å². The lowest BCUT2D eigenvalue weighted by molar-refractivity contribution is 0.685. The molecule has 1 aliphatic rings. The number of para-hydroxylation sites is 1. The normalized spacial score (nSPS) is 13.6. The largest absolute Gasteiger partial charge is 0.364 e. The van der Waals surface area contributed by atoms with E-state index in [0.717, 1.165) is 32.6 Å². The van der Waals surface area contributed by atoms with Crippen molar-refractivity contribution in [3.63, 3.8) is 0 Å². The average Bonchev–Trinajstić information content (AvgIpc) is 2.80. The summed E-state index contributed by atoms with van der Waals surface area (Å²) in [4.78, 5) is 7.20. The Kier molecular flexibility index (Phi) is 8.18. The molecule has 6 heteroatoms. The molecule has 1 aromatic carbocycles. The third-order valence-corrected chi connectivity index (χ3v) is 4.58. The predicted molar refractivity (Wildman–Crippen MR) is 99.8 cm³/mol. The van der Waals surface area contributed by atoms with Crippen LogP contribution >= 0.6 is 36.2 Å². The molecule has 0 saturated heterocycles. The Morgan fingerprint density at radius 1 is 1.27 bits per heavy atom. The molecule has 0 spiro atoms. The number of nitrogens with zero attached hydrogens (tertiary/aromatic N) is 2. The second-order valence-electron chi connectivity index (χ2n) is 5.21. The molecule has 0 aliphatic carbocycles. The number of halogens is 2. The van der Waals surface area contributed by atoms with Crippen LogP contribution in [0.15, 0.2) is 29.6 Å². The fourth-order valence-corrected chi connectivity index (χ4v) is 3.53. The number of aromatic nitrogens is 1. The number of fused-ring (bicyclic) bond motifs is 1. The Hall–Kier alpha value is -0.810. The van der Waals surface area contributed by atoms with Crippen LogP contribution in [0.2, 0.25) is 0 Å². The van der Waals surface area contributed by atoms with Crippen molar-refractivity contribution >= 4 is 41.8 Å². The Labute approximate surface area is 149 Å². The minimum atomic E-state index is 0. The highest BCUT2D eigenvalue weighted by Gasteiger charge is 2.15. The van der Waals surface area contributed by atoms with E-state index in [1.807, 2.05) is 0 Å². The highest BCUT2D eigenvalue weighted by molar-refractivity contribution is 7.09. The smallest absolute Gasteiger partial charge is 0.0928 e. The van der Waals surface area contributed by atoms with Crippen LogP contribution in [0.25, 0.3) is 0 Å². The van der Waals surface area contributed by atoms with E-state index in [2.05, 4.69) is 46.8 Å². The summed E-state index contributed by atoms with van der Waals surface area (Å²) in [5, 5.41) is 6.97. The van der Waals surface area contributed by atoms with Gasteiger partial charge in [-0.2, -0.15) is 0 Å². The summed E-state index contributed by atoms with van der Waals surface area (Å²) >= 11 is 1.80. The molecule has 0 bridgehead atoms. The van der Waals surface area contributed by atoms with E-state index in [-0.39, 0.29) is 24.8 Å². The minimum absolute atomic E-state index is 0. The first-order chi connectivity index (χ1) is 9.86. The van der Waals surface area contributed by atoms with Crippen molar-refractivity contribution in [2.24, 2.45) is 0 Å². The van der Waals surface area contributed by atoms with Crippen LogP contribution < -0.4 is 10.2 Å². The lowest BCUT2D eigenvalue weighted by Gasteiger charge is -2.23. The Morgan fingerprint density at radius 2 is 2.09 bits per heavy atom. The second kappa shape index (κ2) is 9.36. The van der Waals surface area contributed by atoms with Crippen LogP contribution in [0.5, 0.6) is 0 Å². The molecule has 0 atom stereocenters. The Morgan fingerprint density at radius 3 is 2.91 bits per heavy atom. The maximum atomic E-state index is 4.75. The maximum Gasteiger partial charge on any atom is 0.0928 e. The van der Waals surface area contributed by atoms with Gasteiger partial charge in [-0.3, -0.25) is 0 Å². The van der Waals surface area contributed by atoms with Gasteiger partial charge in [-0.05, 0) is 24.5 Å². The number of nitrogens with one attached hydrogen (secondary N) is 1. The SMILES string of the molecule is CCCc1nc(CN2CCNCc3ccccc32)cs1.Cl.Cl. The van der Waals surface area contributed by atoms with Crippen LogP contribution in [-0.4, -0.2) is 18.1 Å². The van der Waals surface area contributed by atoms with Crippen LogP contribution in [0.3, 0.4) is 0 Å². The summed E-state index contributed by atoms with van der Waals surface area (Å²) in [5.74, 6) is 0. The minimum Gasteiger partial charge on any atom is -0.364 e. The van der Waals surface area contributed by atoms with Crippen molar-refractivity contribution in [2.75, 3.05) is 18.0 Å². The first kappa shape index (κ1) is 19.2. The fraction of sp³-hybridized carbons (Fsp3) is 0.438. The first-order valence-corrected chi connectivity index (χ1v) is 8.21. The van der Waals surface area contributed by atoms with Gasteiger partial charge in [0.15, 0.2) is 0 Å². The molecule has 122 valence electrons. The number of benzene rings is 1. The number of hydrogen-bond acceptors (Lipinski definition) is 4. The molecule has 0 amide bonds. The fourth-order valence-electron chi connectivity index (χ4n) is 2.64. The summed E-state index contributed by atoms with van der Waals surface area (Å²) < 4.78 is 0. The second-order valence-corrected chi connectivity index (χ2v) is 6.15. The third kappa shape index (κ3) is 4.59. The Balaban J connectivity index is 0.00000121. The van der Waals surface area contributed by atoms with E-state index < -0.39 is 0 Å². The monoisotopic (exact) mass is 359 g/mol. The molecular weight excluding hydrogens is 337 g/mol. The van der Waals surface area contributed by atoms with Crippen molar-refractivity contribution in [1.29, 1.82) is 0 Å². The molecule has 0 radical (unpaired) electrons. The van der Waals surface area contributed by atoms with E-state index in [0.29, 0.717) is 0 Å². The van der Waals surface area contributed by atoms with Crippen molar-refractivity contribution < 1.29 is 0 Å². The molecule has 22 heavy (non-hydrogen) atoms. The summed E-state index contributed by atoms with van der Waals surface area (Å²) in [5.41, 5.74) is 3.94. The highest BCUT2D eigenvalue weighted by atomic mass is 35.5. The molecule has 1 N–H and O–H groups in total. The van der Waals surface area contributed by atoms with Gasteiger partial charge in [-0.15, -0.1) is 36.2 Å². The lowest BCUT2D eigenvalue weighted by Crippen LogP contribution is -2.28. The van der Waals surface area contributed by atoms with Gasteiger partial charge < -0.3 is 10.2 Å². The summed E-state index contributed by atoms with van der Waals surface area (Å²) in [6.07, 6.45) is 2.27. The standard InChI is InChI=1S/C16H21N3S.2ClH/c1-2-5-16-18-14(12-20-16)11-19-9-8-17-10-13-6-3-4-7-15(13)19;;/h3-4,6-7,12,17H,2,5,8-11H2,1H3;2*1H. The zero-order valence-corrected chi connectivity index (χ0v) is 15.2. The quantitative estimate of drug-likeness (QED) is 0.892. The van der Waals surface area contributed by atoms with Crippen molar-refractivity contribution in [3.8, 4) is 0 Å². The maximum absolute atomic E-state index is 4.75. The molecule has 0 fully saturated rings. The van der Waals surface area contributed by atoms with Crippen LogP contribution in [0.4, 0.5) is 5.69 Å². The van der Waals surface area contributed by atoms with E-state index in [1.165, 1.54) is 28.4 Å². The average molecular weight is 360 g/mol. The molecule has 1 aliphatic heterocycles. The summed E-state index contributed by atoms with van der Waals surface area (Å²) in [6, 6.07) is 8.68. The molecule has 1 aromatic heterocycles. The van der Waals surface area contributed by atoms with E-state index >= 15 is 0 Å². The van der Waals surface area contributed by atoms with Crippen molar-refractivity contribution in [3.05, 3.63) is 45.9 Å². The zero-order chi connectivity index (χ0) is 13.8. The van der Waals surface area contributed by atoms with Crippen LogP contribution in [0, 0.1) is 0 Å². The Bertz CT molecular complexity index is 574. The van der Waals surface area contributed by atoms with Crippen molar-refractivity contribution in [1.82, 2.24) is 10.3 Å². The van der Waals surface area contributed by atoms with Gasteiger partial charge in [0.25, 0.3) is 0 Å². The van der Waals surface area contributed by atoms with E-state index in [4.69, 9.17) is 4.98 Å². The number of aryl methyl sites for hydroxylation is 1. The molecule has 2 heterocycles. The van der Waals surface area contributed by atoms with Gasteiger partial charge >= 0.3 is 0 Å².